The van der Waals surface area contributed by atoms with Crippen molar-refractivity contribution in [1.29, 1.82) is 0 Å². The summed E-state index contributed by atoms with van der Waals surface area (Å²) in [6.45, 7) is 2.78. The fourth-order valence-electron chi connectivity index (χ4n) is 3.15. The summed E-state index contributed by atoms with van der Waals surface area (Å²) in [7, 11) is 3.16. The normalized spacial score (nSPS) is 13.2. The standard InChI is InChI=1S/C23H25ClN2O5S/c1-14-21(32-11-10-31-14)23(28)26-16-5-6-17(18(24)13-16)22(27)25-9-8-15-4-7-19(29-2)20(12-15)30-3/h4-7,12-13H,8-11H2,1-3H3,(H,25,27)(H,26,28). The van der Waals surface area contributed by atoms with Gasteiger partial charge in [0, 0.05) is 18.0 Å². The van der Waals surface area contributed by atoms with Crippen molar-refractivity contribution in [2.45, 2.75) is 13.3 Å². The van der Waals surface area contributed by atoms with Crippen LogP contribution in [0.1, 0.15) is 22.8 Å². The third-order valence-electron chi connectivity index (χ3n) is 4.79. The fourth-order valence-corrected chi connectivity index (χ4v) is 4.23. The zero-order valence-corrected chi connectivity index (χ0v) is 19.7. The van der Waals surface area contributed by atoms with Gasteiger partial charge in [-0.25, -0.2) is 0 Å². The molecule has 0 spiro atoms. The number of thioether (sulfide) groups is 1. The van der Waals surface area contributed by atoms with Crippen LogP contribution in [-0.2, 0) is 16.0 Å². The van der Waals surface area contributed by atoms with E-state index < -0.39 is 0 Å². The van der Waals surface area contributed by atoms with Gasteiger partial charge in [0.15, 0.2) is 11.5 Å². The lowest BCUT2D eigenvalue weighted by Crippen LogP contribution is -2.26. The molecule has 0 radical (unpaired) electrons. The molecule has 0 unspecified atom stereocenters. The summed E-state index contributed by atoms with van der Waals surface area (Å²) < 4.78 is 16.0. The summed E-state index contributed by atoms with van der Waals surface area (Å²) >= 11 is 7.76. The van der Waals surface area contributed by atoms with Crippen LogP contribution in [0.25, 0.3) is 0 Å². The first kappa shape index (κ1) is 23.8. The summed E-state index contributed by atoms with van der Waals surface area (Å²) in [6, 6.07) is 10.4. The summed E-state index contributed by atoms with van der Waals surface area (Å²) in [5, 5.41) is 5.91. The van der Waals surface area contributed by atoms with Crippen LogP contribution in [0.4, 0.5) is 5.69 Å². The Hall–Kier alpha value is -2.84. The minimum Gasteiger partial charge on any atom is -0.496 e. The minimum atomic E-state index is -0.289. The number of carbonyl (C=O) groups is 2. The number of nitrogens with one attached hydrogen (secondary N) is 2. The second-order valence-corrected chi connectivity index (χ2v) is 8.44. The Labute approximate surface area is 196 Å². The van der Waals surface area contributed by atoms with E-state index in [0.29, 0.717) is 53.0 Å². The maximum atomic E-state index is 12.5. The maximum absolute atomic E-state index is 12.5. The van der Waals surface area contributed by atoms with E-state index in [4.69, 9.17) is 25.8 Å². The monoisotopic (exact) mass is 476 g/mol. The number of benzene rings is 2. The molecule has 0 saturated carbocycles. The molecule has 0 atom stereocenters. The molecule has 0 saturated heterocycles. The van der Waals surface area contributed by atoms with Crippen molar-refractivity contribution in [2.75, 3.05) is 38.4 Å². The second-order valence-electron chi connectivity index (χ2n) is 6.93. The highest BCUT2D eigenvalue weighted by Crippen LogP contribution is 2.29. The third kappa shape index (κ3) is 5.89. The quantitative estimate of drug-likeness (QED) is 0.592. The average molecular weight is 477 g/mol. The highest BCUT2D eigenvalue weighted by atomic mass is 35.5. The van der Waals surface area contributed by atoms with E-state index >= 15 is 0 Å². The van der Waals surface area contributed by atoms with E-state index in [0.717, 1.165) is 11.3 Å². The van der Waals surface area contributed by atoms with Gasteiger partial charge in [-0.15, -0.1) is 11.8 Å². The number of hydrogen-bond acceptors (Lipinski definition) is 6. The predicted molar refractivity (Wildman–Crippen MR) is 127 cm³/mol. The van der Waals surface area contributed by atoms with E-state index in [1.807, 2.05) is 18.2 Å². The lowest BCUT2D eigenvalue weighted by molar-refractivity contribution is -0.112. The molecule has 3 rings (SSSR count). The van der Waals surface area contributed by atoms with Crippen LogP contribution in [-0.4, -0.2) is 44.9 Å². The van der Waals surface area contributed by atoms with Crippen molar-refractivity contribution in [1.82, 2.24) is 5.32 Å². The molecule has 2 amide bonds. The Bertz CT molecular complexity index is 1040. The first-order chi connectivity index (χ1) is 15.4. The van der Waals surface area contributed by atoms with Crippen LogP contribution in [0.2, 0.25) is 5.02 Å². The van der Waals surface area contributed by atoms with Crippen molar-refractivity contribution in [3.8, 4) is 11.5 Å². The largest absolute Gasteiger partial charge is 0.496 e. The van der Waals surface area contributed by atoms with Gasteiger partial charge in [0.2, 0.25) is 0 Å². The SMILES string of the molecule is COc1ccc(CCNC(=O)c2ccc(NC(=O)C3=C(C)OCCS3)cc2Cl)cc1OC. The van der Waals surface area contributed by atoms with E-state index in [2.05, 4.69) is 10.6 Å². The van der Waals surface area contributed by atoms with Crippen molar-refractivity contribution >= 4 is 40.9 Å². The fraction of sp³-hybridized carbons (Fsp3) is 0.304. The van der Waals surface area contributed by atoms with Crippen LogP contribution >= 0.6 is 23.4 Å². The van der Waals surface area contributed by atoms with Gasteiger partial charge in [0.05, 0.1) is 31.4 Å². The molecule has 2 aromatic rings. The smallest absolute Gasteiger partial charge is 0.265 e. The number of rotatable bonds is 8. The molecule has 0 bridgehead atoms. The number of anilines is 1. The van der Waals surface area contributed by atoms with Crippen LogP contribution in [0.15, 0.2) is 47.1 Å². The van der Waals surface area contributed by atoms with Crippen LogP contribution in [0.3, 0.4) is 0 Å². The highest BCUT2D eigenvalue weighted by Gasteiger charge is 2.19. The van der Waals surface area contributed by atoms with Crippen molar-refractivity contribution in [3.63, 3.8) is 0 Å². The molecule has 2 N–H and O–H groups in total. The molecule has 1 aliphatic heterocycles. The summed E-state index contributed by atoms with van der Waals surface area (Å²) in [5.74, 6) is 2.08. The number of hydrogen-bond donors (Lipinski definition) is 2. The van der Waals surface area contributed by atoms with Gasteiger partial charge < -0.3 is 24.8 Å². The first-order valence-corrected chi connectivity index (χ1v) is 11.4. The summed E-state index contributed by atoms with van der Waals surface area (Å²) in [4.78, 5) is 25.6. The topological polar surface area (TPSA) is 85.9 Å². The lowest BCUT2D eigenvalue weighted by atomic mass is 10.1. The van der Waals surface area contributed by atoms with Gasteiger partial charge in [0.25, 0.3) is 11.8 Å². The van der Waals surface area contributed by atoms with Gasteiger partial charge >= 0.3 is 0 Å². The van der Waals surface area contributed by atoms with Gasteiger partial charge in [-0.3, -0.25) is 9.59 Å². The van der Waals surface area contributed by atoms with E-state index in [-0.39, 0.29) is 16.8 Å². The molecular weight excluding hydrogens is 452 g/mol. The number of ether oxygens (including phenoxy) is 3. The summed E-state index contributed by atoms with van der Waals surface area (Å²) in [5.41, 5.74) is 1.84. The molecule has 1 aliphatic rings. The molecule has 0 fully saturated rings. The number of amides is 2. The molecule has 32 heavy (non-hydrogen) atoms. The molecule has 2 aromatic carbocycles. The van der Waals surface area contributed by atoms with Gasteiger partial charge in [-0.2, -0.15) is 0 Å². The molecule has 7 nitrogen and oxygen atoms in total. The van der Waals surface area contributed by atoms with Crippen LogP contribution in [0, 0.1) is 0 Å². The zero-order valence-electron chi connectivity index (χ0n) is 18.1. The molecule has 0 aromatic heterocycles. The maximum Gasteiger partial charge on any atom is 0.265 e. The van der Waals surface area contributed by atoms with E-state index in [1.165, 1.54) is 11.8 Å². The Morgan fingerprint density at radius 1 is 1.09 bits per heavy atom. The third-order valence-corrected chi connectivity index (χ3v) is 6.24. The lowest BCUT2D eigenvalue weighted by Gasteiger charge is -2.18. The Balaban J connectivity index is 1.57. The number of halogens is 1. The first-order valence-electron chi connectivity index (χ1n) is 9.99. The van der Waals surface area contributed by atoms with Gasteiger partial charge in [0.1, 0.15) is 10.7 Å². The molecule has 9 heteroatoms. The summed E-state index contributed by atoms with van der Waals surface area (Å²) in [6.07, 6.45) is 0.617. The molecule has 0 aliphatic carbocycles. The molecular formula is C23H25ClN2O5S. The Morgan fingerprint density at radius 2 is 1.88 bits per heavy atom. The van der Waals surface area contributed by atoms with Crippen molar-refractivity contribution in [2.24, 2.45) is 0 Å². The number of allylic oxidation sites excluding steroid dienone is 1. The van der Waals surface area contributed by atoms with E-state index in [1.54, 1.807) is 39.3 Å². The Morgan fingerprint density at radius 3 is 2.56 bits per heavy atom. The molecule has 1 heterocycles. The van der Waals surface area contributed by atoms with Crippen molar-refractivity contribution < 1.29 is 23.8 Å². The average Bonchev–Trinajstić information content (AvgIpc) is 2.79. The zero-order chi connectivity index (χ0) is 23.1. The van der Waals surface area contributed by atoms with Crippen LogP contribution in [0.5, 0.6) is 11.5 Å². The van der Waals surface area contributed by atoms with Gasteiger partial charge in [-0.1, -0.05) is 17.7 Å². The second kappa shape index (κ2) is 11.2. The van der Waals surface area contributed by atoms with Crippen molar-refractivity contribution in [3.05, 3.63) is 63.2 Å². The highest BCUT2D eigenvalue weighted by molar-refractivity contribution is 8.04. The Kier molecular flexibility index (Phi) is 8.30. The molecule has 170 valence electrons. The van der Waals surface area contributed by atoms with Gasteiger partial charge in [-0.05, 0) is 49.2 Å². The predicted octanol–water partition coefficient (Wildman–Crippen LogP) is 4.26. The number of carbonyl (C=O) groups excluding carboxylic acids is 2. The van der Waals surface area contributed by atoms with E-state index in [9.17, 15) is 9.59 Å². The number of methoxy groups -OCH3 is 2. The van der Waals surface area contributed by atoms with Crippen LogP contribution < -0.4 is 20.1 Å². The minimum absolute atomic E-state index is 0.254.